The minimum atomic E-state index is -0.327. The lowest BCUT2D eigenvalue weighted by atomic mass is 10.1. The van der Waals surface area contributed by atoms with E-state index in [1.54, 1.807) is 4.68 Å². The van der Waals surface area contributed by atoms with Crippen molar-refractivity contribution in [3.8, 4) is 0 Å². The first-order valence-corrected chi connectivity index (χ1v) is 6.52. The average Bonchev–Trinajstić information content (AvgIpc) is 2.68. The number of aromatic nitrogens is 2. The maximum Gasteiger partial charge on any atom is 0.247 e. The molecule has 0 aliphatic carbocycles. The van der Waals surface area contributed by atoms with Crippen molar-refractivity contribution in [1.82, 2.24) is 14.7 Å². The summed E-state index contributed by atoms with van der Waals surface area (Å²) in [7, 11) is 5.60. The number of carbonyl (C=O) groups excluding carboxylic acids is 1. The first-order chi connectivity index (χ1) is 9.49. The van der Waals surface area contributed by atoms with Gasteiger partial charge in [0, 0.05) is 13.1 Å². The number of likely N-dealkylation sites (N-methyl/N-ethyl adjacent to an activating group) is 1. The molecule has 1 atom stereocenters. The van der Waals surface area contributed by atoms with E-state index in [0.29, 0.717) is 5.82 Å². The Bertz CT molecular complexity index is 589. The fourth-order valence-electron chi connectivity index (χ4n) is 2.24. The van der Waals surface area contributed by atoms with Gasteiger partial charge in [-0.05, 0) is 26.6 Å². The van der Waals surface area contributed by atoms with Gasteiger partial charge < -0.3 is 5.32 Å². The van der Waals surface area contributed by atoms with E-state index < -0.39 is 0 Å². The lowest BCUT2D eigenvalue weighted by Crippen LogP contribution is -2.32. The average molecular weight is 272 g/mol. The molecule has 106 valence electrons. The molecule has 0 fully saturated rings. The van der Waals surface area contributed by atoms with E-state index in [2.05, 4.69) is 10.4 Å². The van der Waals surface area contributed by atoms with E-state index in [4.69, 9.17) is 0 Å². The van der Waals surface area contributed by atoms with Crippen LogP contribution in [0.1, 0.15) is 17.3 Å². The summed E-state index contributed by atoms with van der Waals surface area (Å²) < 4.78 is 1.67. The fraction of sp³-hybridized carbons (Fsp3) is 0.333. The smallest absolute Gasteiger partial charge is 0.247 e. The number of nitrogens with one attached hydrogen (secondary N) is 1. The van der Waals surface area contributed by atoms with Crippen molar-refractivity contribution in [2.75, 3.05) is 19.4 Å². The molecule has 0 unspecified atom stereocenters. The van der Waals surface area contributed by atoms with Crippen LogP contribution < -0.4 is 5.32 Å². The van der Waals surface area contributed by atoms with Gasteiger partial charge in [0.1, 0.15) is 11.9 Å². The van der Waals surface area contributed by atoms with Gasteiger partial charge in [-0.15, -0.1) is 0 Å². The largest absolute Gasteiger partial charge is 0.309 e. The van der Waals surface area contributed by atoms with Crippen molar-refractivity contribution in [3.05, 3.63) is 47.7 Å². The molecule has 1 aromatic heterocycles. The summed E-state index contributed by atoms with van der Waals surface area (Å²) in [6, 6.07) is 11.3. The Hall–Kier alpha value is -2.14. The molecule has 1 heterocycles. The topological polar surface area (TPSA) is 50.2 Å². The molecule has 0 saturated heterocycles. The predicted octanol–water partition coefficient (Wildman–Crippen LogP) is 1.97. The number of carbonyl (C=O) groups is 1. The Balaban J connectivity index is 2.22. The first kappa shape index (κ1) is 14.3. The van der Waals surface area contributed by atoms with Crippen molar-refractivity contribution < 1.29 is 4.79 Å². The quantitative estimate of drug-likeness (QED) is 0.925. The first-order valence-electron chi connectivity index (χ1n) is 6.52. The molecule has 1 amide bonds. The van der Waals surface area contributed by atoms with Gasteiger partial charge in [-0.25, -0.2) is 0 Å². The molecule has 0 aliphatic heterocycles. The zero-order chi connectivity index (χ0) is 14.7. The van der Waals surface area contributed by atoms with Gasteiger partial charge >= 0.3 is 0 Å². The molecule has 0 spiro atoms. The minimum absolute atomic E-state index is 0.0656. The van der Waals surface area contributed by atoms with Gasteiger partial charge in [-0.3, -0.25) is 14.4 Å². The third kappa shape index (κ3) is 3.05. The zero-order valence-electron chi connectivity index (χ0n) is 12.3. The third-order valence-corrected chi connectivity index (χ3v) is 3.13. The predicted molar refractivity (Wildman–Crippen MR) is 79.4 cm³/mol. The normalized spacial score (nSPS) is 12.4. The van der Waals surface area contributed by atoms with E-state index in [1.165, 1.54) is 0 Å². The molecule has 2 rings (SSSR count). The molecule has 1 N–H and O–H groups in total. The standard InChI is InChI=1S/C15H20N4O/c1-11-10-13(19(4)17-11)16-15(20)14(18(2)3)12-8-6-5-7-9-12/h5-10,14H,1-4H3,(H,16,20)/t14-/m1/s1. The number of anilines is 1. The van der Waals surface area contributed by atoms with Crippen LogP contribution in [0, 0.1) is 6.92 Å². The van der Waals surface area contributed by atoms with Crippen molar-refractivity contribution in [2.24, 2.45) is 7.05 Å². The van der Waals surface area contributed by atoms with E-state index in [9.17, 15) is 4.79 Å². The highest BCUT2D eigenvalue weighted by Crippen LogP contribution is 2.20. The second-order valence-electron chi connectivity index (χ2n) is 5.06. The Labute approximate surface area is 119 Å². The maximum atomic E-state index is 12.5. The molecule has 2 aromatic rings. The van der Waals surface area contributed by atoms with Crippen LogP contribution in [0.5, 0.6) is 0 Å². The van der Waals surface area contributed by atoms with E-state index >= 15 is 0 Å². The Morgan fingerprint density at radius 3 is 2.45 bits per heavy atom. The van der Waals surface area contributed by atoms with Crippen LogP contribution in [-0.4, -0.2) is 34.7 Å². The van der Waals surface area contributed by atoms with E-state index in [0.717, 1.165) is 11.3 Å². The number of aryl methyl sites for hydroxylation is 2. The van der Waals surface area contributed by atoms with Crippen LogP contribution in [0.25, 0.3) is 0 Å². The van der Waals surface area contributed by atoms with Crippen molar-refractivity contribution in [3.63, 3.8) is 0 Å². The van der Waals surface area contributed by atoms with Crippen molar-refractivity contribution >= 4 is 11.7 Å². The van der Waals surface area contributed by atoms with Crippen LogP contribution in [0.2, 0.25) is 0 Å². The van der Waals surface area contributed by atoms with E-state index in [-0.39, 0.29) is 11.9 Å². The highest BCUT2D eigenvalue weighted by Gasteiger charge is 2.23. The molecule has 1 aromatic carbocycles. The van der Waals surface area contributed by atoms with Crippen LogP contribution in [0.15, 0.2) is 36.4 Å². The van der Waals surface area contributed by atoms with Crippen LogP contribution in [0.4, 0.5) is 5.82 Å². The van der Waals surface area contributed by atoms with Gasteiger partial charge in [0.15, 0.2) is 0 Å². The number of hydrogen-bond acceptors (Lipinski definition) is 3. The van der Waals surface area contributed by atoms with Gasteiger partial charge in [0.2, 0.25) is 5.91 Å². The minimum Gasteiger partial charge on any atom is -0.309 e. The highest BCUT2D eigenvalue weighted by molar-refractivity contribution is 5.94. The van der Waals surface area contributed by atoms with E-state index in [1.807, 2.05) is 69.4 Å². The highest BCUT2D eigenvalue weighted by atomic mass is 16.2. The van der Waals surface area contributed by atoms with Gasteiger partial charge in [0.25, 0.3) is 0 Å². The lowest BCUT2D eigenvalue weighted by Gasteiger charge is -2.23. The summed E-state index contributed by atoms with van der Waals surface area (Å²) in [4.78, 5) is 14.4. The number of rotatable bonds is 4. The Kier molecular flexibility index (Phi) is 4.20. The molecule has 5 nitrogen and oxygen atoms in total. The van der Waals surface area contributed by atoms with Crippen molar-refractivity contribution in [1.29, 1.82) is 0 Å². The summed E-state index contributed by atoms with van der Waals surface area (Å²) in [6.07, 6.45) is 0. The molecular formula is C15H20N4O. The molecule has 0 bridgehead atoms. The monoisotopic (exact) mass is 272 g/mol. The van der Waals surface area contributed by atoms with Gasteiger partial charge in [-0.1, -0.05) is 30.3 Å². The van der Waals surface area contributed by atoms with Gasteiger partial charge in [-0.2, -0.15) is 5.10 Å². The number of benzene rings is 1. The van der Waals surface area contributed by atoms with Crippen molar-refractivity contribution in [2.45, 2.75) is 13.0 Å². The van der Waals surface area contributed by atoms with Crippen LogP contribution in [-0.2, 0) is 11.8 Å². The fourth-order valence-corrected chi connectivity index (χ4v) is 2.24. The lowest BCUT2D eigenvalue weighted by molar-refractivity contribution is -0.120. The molecule has 20 heavy (non-hydrogen) atoms. The second kappa shape index (κ2) is 5.88. The number of amides is 1. The SMILES string of the molecule is Cc1cc(NC(=O)[C@@H](c2ccccc2)N(C)C)n(C)n1. The van der Waals surface area contributed by atoms with Crippen LogP contribution in [0.3, 0.4) is 0 Å². The zero-order valence-corrected chi connectivity index (χ0v) is 12.3. The third-order valence-electron chi connectivity index (χ3n) is 3.13. The Morgan fingerprint density at radius 1 is 1.30 bits per heavy atom. The Morgan fingerprint density at radius 2 is 1.95 bits per heavy atom. The summed E-state index contributed by atoms with van der Waals surface area (Å²) in [5.41, 5.74) is 1.85. The summed E-state index contributed by atoms with van der Waals surface area (Å²) in [5, 5.41) is 7.16. The number of nitrogens with zero attached hydrogens (tertiary/aromatic N) is 3. The second-order valence-corrected chi connectivity index (χ2v) is 5.06. The maximum absolute atomic E-state index is 12.5. The molecule has 0 saturated carbocycles. The summed E-state index contributed by atoms with van der Waals surface area (Å²) in [6.45, 7) is 1.90. The number of hydrogen-bond donors (Lipinski definition) is 1. The molecule has 0 aliphatic rings. The summed E-state index contributed by atoms with van der Waals surface area (Å²) in [5.74, 6) is 0.638. The molecule has 5 heteroatoms. The molecule has 0 radical (unpaired) electrons. The van der Waals surface area contributed by atoms with Crippen LogP contribution >= 0.6 is 0 Å². The van der Waals surface area contributed by atoms with Gasteiger partial charge in [0.05, 0.1) is 5.69 Å². The molecular weight excluding hydrogens is 252 g/mol. The summed E-state index contributed by atoms with van der Waals surface area (Å²) >= 11 is 0.